The van der Waals surface area contributed by atoms with Crippen molar-refractivity contribution in [3.63, 3.8) is 0 Å². The van der Waals surface area contributed by atoms with E-state index >= 15 is 0 Å². The first-order valence-corrected chi connectivity index (χ1v) is 11.4. The van der Waals surface area contributed by atoms with Crippen LogP contribution in [0.4, 0.5) is 11.4 Å². The number of carbonyl (C=O) groups excluding carboxylic acids is 3. The van der Waals surface area contributed by atoms with Crippen molar-refractivity contribution in [1.29, 1.82) is 0 Å². The smallest absolute Gasteiger partial charge is 0.339 e. The van der Waals surface area contributed by atoms with Crippen LogP contribution in [0.25, 0.3) is 0 Å². The quantitative estimate of drug-likeness (QED) is 0.492. The van der Waals surface area contributed by atoms with Crippen LogP contribution in [-0.4, -0.2) is 40.5 Å². The molecule has 0 atom stereocenters. The molecule has 3 aromatic rings. The van der Waals surface area contributed by atoms with Crippen LogP contribution in [0.5, 0.6) is 0 Å². The van der Waals surface area contributed by atoms with Crippen LogP contribution in [0.3, 0.4) is 0 Å². The predicted octanol–water partition coefficient (Wildman–Crippen LogP) is 3.62. The molecular formula is C24H22N2O7S. The minimum atomic E-state index is -4.44. The highest BCUT2D eigenvalue weighted by molar-refractivity contribution is 7.92. The first kappa shape index (κ1) is 24.5. The molecule has 0 unspecified atom stereocenters. The first-order chi connectivity index (χ1) is 16.2. The lowest BCUT2D eigenvalue weighted by molar-refractivity contribution is 0.0583. The third-order valence-electron chi connectivity index (χ3n) is 4.79. The van der Waals surface area contributed by atoms with Crippen LogP contribution in [0, 0.1) is 6.92 Å². The van der Waals surface area contributed by atoms with Crippen molar-refractivity contribution in [3.05, 3.63) is 89.0 Å². The molecule has 0 radical (unpaired) electrons. The van der Waals surface area contributed by atoms with Gasteiger partial charge in [0.25, 0.3) is 15.9 Å². The molecule has 0 fully saturated rings. The number of amides is 1. The molecule has 1 amide bonds. The van der Waals surface area contributed by atoms with E-state index in [1.165, 1.54) is 18.2 Å². The van der Waals surface area contributed by atoms with Gasteiger partial charge >= 0.3 is 11.9 Å². The van der Waals surface area contributed by atoms with Crippen LogP contribution < -0.4 is 10.0 Å². The largest absolute Gasteiger partial charge is 0.465 e. The monoisotopic (exact) mass is 482 g/mol. The van der Waals surface area contributed by atoms with Gasteiger partial charge in [0.15, 0.2) is 0 Å². The van der Waals surface area contributed by atoms with Crippen LogP contribution in [0.15, 0.2) is 71.6 Å². The van der Waals surface area contributed by atoms with Crippen molar-refractivity contribution in [2.75, 3.05) is 24.3 Å². The van der Waals surface area contributed by atoms with E-state index in [9.17, 15) is 22.8 Å². The zero-order chi connectivity index (χ0) is 24.9. The van der Waals surface area contributed by atoms with Gasteiger partial charge in [0.2, 0.25) is 0 Å². The highest BCUT2D eigenvalue weighted by Gasteiger charge is 2.26. The Morgan fingerprint density at radius 1 is 0.794 bits per heavy atom. The van der Waals surface area contributed by atoms with Gasteiger partial charge in [-0.15, -0.1) is 0 Å². The molecule has 0 aliphatic rings. The number of rotatable bonds is 7. The molecule has 0 aliphatic heterocycles. The molecule has 0 heterocycles. The lowest BCUT2D eigenvalue weighted by atomic mass is 10.1. The average Bonchev–Trinajstić information content (AvgIpc) is 2.82. The van der Waals surface area contributed by atoms with Crippen LogP contribution in [0.2, 0.25) is 0 Å². The molecule has 3 rings (SSSR count). The molecule has 0 saturated heterocycles. The minimum absolute atomic E-state index is 0.0214. The number of carbonyl (C=O) groups is 3. The molecular weight excluding hydrogens is 460 g/mol. The summed E-state index contributed by atoms with van der Waals surface area (Å²) in [4.78, 5) is 36.5. The van der Waals surface area contributed by atoms with Gasteiger partial charge in [-0.2, -0.15) is 0 Å². The number of anilines is 2. The van der Waals surface area contributed by atoms with Gasteiger partial charge in [0, 0.05) is 5.69 Å². The zero-order valence-corrected chi connectivity index (χ0v) is 19.4. The van der Waals surface area contributed by atoms with Gasteiger partial charge in [-0.25, -0.2) is 18.0 Å². The average molecular weight is 483 g/mol. The van der Waals surface area contributed by atoms with Crippen LogP contribution in [-0.2, 0) is 19.5 Å². The summed E-state index contributed by atoms with van der Waals surface area (Å²) < 4.78 is 38.2. The van der Waals surface area contributed by atoms with Crippen LogP contribution in [0.1, 0.15) is 36.6 Å². The summed E-state index contributed by atoms with van der Waals surface area (Å²) in [5.41, 5.74) is 1.14. The highest BCUT2D eigenvalue weighted by atomic mass is 32.2. The summed E-state index contributed by atoms with van der Waals surface area (Å²) in [5.74, 6) is -2.24. The Labute approximate surface area is 196 Å². The summed E-state index contributed by atoms with van der Waals surface area (Å²) in [6, 6.07) is 16.5. The Morgan fingerprint density at radius 2 is 1.50 bits per heavy atom. The van der Waals surface area contributed by atoms with Gasteiger partial charge in [-0.3, -0.25) is 9.52 Å². The normalized spacial score (nSPS) is 10.8. The third kappa shape index (κ3) is 5.41. The standard InChI is InChI=1S/C24H22N2O7S/c1-15-7-6-8-17(13-15)25-22(27)18-9-4-5-10-20(18)26-34(30,31)21-14-16(23(28)32-2)11-12-19(21)24(29)33-3/h4-14,26H,1-3H3,(H,25,27). The SMILES string of the molecule is COC(=O)c1ccc(C(=O)OC)c(S(=O)(=O)Nc2ccccc2C(=O)Nc2cccc(C)c2)c1. The summed E-state index contributed by atoms with van der Waals surface area (Å²) in [5, 5.41) is 2.73. The molecule has 0 spiro atoms. The van der Waals surface area contributed by atoms with E-state index in [2.05, 4.69) is 19.5 Å². The fourth-order valence-corrected chi connectivity index (χ4v) is 4.46. The summed E-state index contributed by atoms with van der Waals surface area (Å²) in [6.45, 7) is 1.87. The maximum absolute atomic E-state index is 13.3. The Hall–Kier alpha value is -4.18. The van der Waals surface area contributed by atoms with Gasteiger partial charge in [-0.05, 0) is 55.0 Å². The third-order valence-corrected chi connectivity index (χ3v) is 6.19. The number of methoxy groups -OCH3 is 2. The predicted molar refractivity (Wildman–Crippen MR) is 126 cm³/mol. The lowest BCUT2D eigenvalue weighted by Crippen LogP contribution is -2.21. The van der Waals surface area contributed by atoms with Crippen molar-refractivity contribution >= 4 is 39.2 Å². The molecule has 0 bridgehead atoms. The second kappa shape index (κ2) is 10.2. The fraction of sp³-hybridized carbons (Fsp3) is 0.125. The summed E-state index contributed by atoms with van der Waals surface area (Å²) in [6.07, 6.45) is 0. The van der Waals surface area contributed by atoms with Crippen molar-refractivity contribution in [2.24, 2.45) is 0 Å². The molecule has 3 aromatic carbocycles. The Bertz CT molecular complexity index is 1370. The van der Waals surface area contributed by atoms with Gasteiger partial charge < -0.3 is 14.8 Å². The molecule has 2 N–H and O–H groups in total. The Morgan fingerprint density at radius 3 is 2.18 bits per heavy atom. The van der Waals surface area contributed by atoms with E-state index in [-0.39, 0.29) is 22.4 Å². The number of sulfonamides is 1. The first-order valence-electron chi connectivity index (χ1n) is 9.97. The van der Waals surface area contributed by atoms with E-state index in [0.29, 0.717) is 5.69 Å². The maximum Gasteiger partial charge on any atom is 0.339 e. The molecule has 34 heavy (non-hydrogen) atoms. The van der Waals surface area contributed by atoms with E-state index in [1.807, 2.05) is 13.0 Å². The minimum Gasteiger partial charge on any atom is -0.465 e. The molecule has 0 aromatic heterocycles. The zero-order valence-electron chi connectivity index (χ0n) is 18.6. The number of aryl methyl sites for hydroxylation is 1. The van der Waals surface area contributed by atoms with E-state index in [4.69, 9.17) is 0 Å². The number of hydrogen-bond acceptors (Lipinski definition) is 7. The second-order valence-corrected chi connectivity index (χ2v) is 8.82. The highest BCUT2D eigenvalue weighted by Crippen LogP contribution is 2.25. The van der Waals surface area contributed by atoms with Crippen molar-refractivity contribution in [3.8, 4) is 0 Å². The van der Waals surface area contributed by atoms with Crippen molar-refractivity contribution in [2.45, 2.75) is 11.8 Å². The lowest BCUT2D eigenvalue weighted by Gasteiger charge is -2.15. The Balaban J connectivity index is 2.01. The number of esters is 2. The number of benzene rings is 3. The second-order valence-electron chi connectivity index (χ2n) is 7.17. The summed E-state index contributed by atoms with van der Waals surface area (Å²) >= 11 is 0. The van der Waals surface area contributed by atoms with Gasteiger partial charge in [0.1, 0.15) is 4.90 Å². The maximum atomic E-state index is 13.3. The summed E-state index contributed by atoms with van der Waals surface area (Å²) in [7, 11) is -2.19. The molecule has 10 heteroatoms. The molecule has 0 saturated carbocycles. The van der Waals surface area contributed by atoms with Gasteiger partial charge in [-0.1, -0.05) is 24.3 Å². The van der Waals surface area contributed by atoms with Crippen molar-refractivity contribution in [1.82, 2.24) is 0 Å². The molecule has 9 nitrogen and oxygen atoms in total. The molecule has 0 aliphatic carbocycles. The van der Waals surface area contributed by atoms with E-state index in [0.717, 1.165) is 31.9 Å². The topological polar surface area (TPSA) is 128 Å². The number of ether oxygens (including phenoxy) is 2. The van der Waals surface area contributed by atoms with Gasteiger partial charge in [0.05, 0.1) is 36.6 Å². The van der Waals surface area contributed by atoms with E-state index in [1.54, 1.807) is 30.3 Å². The molecule has 176 valence electrons. The van der Waals surface area contributed by atoms with E-state index < -0.39 is 32.8 Å². The number of nitrogens with one attached hydrogen (secondary N) is 2. The fourth-order valence-electron chi connectivity index (χ4n) is 3.16. The van der Waals surface area contributed by atoms with Crippen molar-refractivity contribution < 1.29 is 32.3 Å². The number of para-hydroxylation sites is 1. The van der Waals surface area contributed by atoms with Crippen LogP contribution >= 0.6 is 0 Å². The Kier molecular flexibility index (Phi) is 7.32. The number of hydrogen-bond donors (Lipinski definition) is 2.